The van der Waals surface area contributed by atoms with Crippen LogP contribution in [0.15, 0.2) is 79.1 Å². The average molecular weight is 434 g/mol. The van der Waals surface area contributed by atoms with Gasteiger partial charge in [0.25, 0.3) is 0 Å². The topological polar surface area (TPSA) is 67.2 Å². The lowest BCUT2D eigenvalue weighted by Gasteiger charge is -2.30. The molecule has 0 aliphatic carbocycles. The van der Waals surface area contributed by atoms with E-state index in [2.05, 4.69) is 10.4 Å². The lowest BCUT2D eigenvalue weighted by atomic mass is 9.92. The largest absolute Gasteiger partial charge is 0.371 e. The maximum atomic E-state index is 14.1. The second-order valence-electron chi connectivity index (χ2n) is 7.32. The molecule has 2 N–H and O–H groups in total. The summed E-state index contributed by atoms with van der Waals surface area (Å²) in [6, 6.07) is 18.1. The van der Waals surface area contributed by atoms with E-state index in [1.807, 2.05) is 24.3 Å². The highest BCUT2D eigenvalue weighted by molar-refractivity contribution is 6.34. The van der Waals surface area contributed by atoms with Crippen molar-refractivity contribution in [1.82, 2.24) is 9.78 Å². The molecule has 5 rings (SSSR count). The van der Waals surface area contributed by atoms with E-state index in [-0.39, 0.29) is 11.6 Å². The fourth-order valence-electron chi connectivity index (χ4n) is 3.89. The Bertz CT molecular complexity index is 1270. The summed E-state index contributed by atoms with van der Waals surface area (Å²) < 4.78 is 15.5. The SMILES string of the molecule is O=C1c2cc(-c3ccc(-c4ccccc4F)cc3)c(Cl)cc2NC(O)C1n1cccn1. The van der Waals surface area contributed by atoms with Crippen LogP contribution < -0.4 is 5.32 Å². The molecular formula is C24H17ClFN3O2. The molecule has 2 atom stereocenters. The summed E-state index contributed by atoms with van der Waals surface area (Å²) in [5, 5.41) is 17.9. The van der Waals surface area contributed by atoms with Gasteiger partial charge in [-0.1, -0.05) is 54.1 Å². The summed E-state index contributed by atoms with van der Waals surface area (Å²) in [6.07, 6.45) is 2.07. The van der Waals surface area contributed by atoms with Crippen molar-refractivity contribution in [2.45, 2.75) is 12.3 Å². The third-order valence-corrected chi connectivity index (χ3v) is 5.75. The van der Waals surface area contributed by atoms with Gasteiger partial charge in [-0.25, -0.2) is 4.39 Å². The van der Waals surface area contributed by atoms with Crippen LogP contribution in [0.2, 0.25) is 5.02 Å². The van der Waals surface area contributed by atoms with Gasteiger partial charge in [-0.05, 0) is 35.4 Å². The van der Waals surface area contributed by atoms with E-state index in [1.165, 1.54) is 10.7 Å². The Morgan fingerprint density at radius 3 is 2.35 bits per heavy atom. The summed E-state index contributed by atoms with van der Waals surface area (Å²) >= 11 is 6.50. The molecule has 0 saturated carbocycles. The van der Waals surface area contributed by atoms with Gasteiger partial charge in [-0.3, -0.25) is 9.48 Å². The Balaban J connectivity index is 1.53. The van der Waals surface area contributed by atoms with Crippen molar-refractivity contribution in [1.29, 1.82) is 0 Å². The number of halogens is 2. The van der Waals surface area contributed by atoms with Gasteiger partial charge in [0.1, 0.15) is 5.82 Å². The minimum absolute atomic E-state index is 0.258. The zero-order valence-electron chi connectivity index (χ0n) is 16.2. The molecule has 7 heteroatoms. The maximum Gasteiger partial charge on any atom is 0.194 e. The molecule has 1 aromatic heterocycles. The zero-order chi connectivity index (χ0) is 21.5. The molecule has 1 aliphatic heterocycles. The van der Waals surface area contributed by atoms with Crippen LogP contribution in [-0.4, -0.2) is 26.9 Å². The predicted octanol–water partition coefficient (Wildman–Crippen LogP) is 5.18. The van der Waals surface area contributed by atoms with Crippen LogP contribution in [-0.2, 0) is 0 Å². The van der Waals surface area contributed by atoms with Gasteiger partial charge in [0.15, 0.2) is 18.1 Å². The maximum absolute atomic E-state index is 14.1. The molecule has 0 bridgehead atoms. The number of Topliss-reactive ketones (excluding diaryl/α,β-unsaturated/α-hetero) is 1. The molecule has 1 aliphatic rings. The number of nitrogens with one attached hydrogen (secondary N) is 1. The molecule has 0 radical (unpaired) electrons. The van der Waals surface area contributed by atoms with Gasteiger partial charge in [-0.15, -0.1) is 0 Å². The molecule has 2 heterocycles. The quantitative estimate of drug-likeness (QED) is 0.467. The molecular weight excluding hydrogens is 417 g/mol. The number of benzene rings is 3. The highest BCUT2D eigenvalue weighted by Gasteiger charge is 2.36. The molecule has 0 spiro atoms. The Hall–Kier alpha value is -3.48. The summed E-state index contributed by atoms with van der Waals surface area (Å²) in [5.74, 6) is -0.548. The van der Waals surface area contributed by atoms with Gasteiger partial charge in [0.2, 0.25) is 0 Å². The number of aromatic nitrogens is 2. The smallest absolute Gasteiger partial charge is 0.194 e. The fourth-order valence-corrected chi connectivity index (χ4v) is 4.17. The summed E-state index contributed by atoms with van der Waals surface area (Å²) in [4.78, 5) is 13.2. The third-order valence-electron chi connectivity index (χ3n) is 5.43. The highest BCUT2D eigenvalue weighted by Crippen LogP contribution is 2.38. The minimum atomic E-state index is -1.12. The molecule has 2 unspecified atom stereocenters. The Kier molecular flexibility index (Phi) is 4.81. The first-order valence-corrected chi connectivity index (χ1v) is 10.1. The molecule has 0 amide bonds. The molecule has 5 nitrogen and oxygen atoms in total. The summed E-state index contributed by atoms with van der Waals surface area (Å²) in [5.41, 5.74) is 3.62. The molecule has 154 valence electrons. The number of aliphatic hydroxyl groups excluding tert-OH is 1. The van der Waals surface area contributed by atoms with Gasteiger partial charge < -0.3 is 10.4 Å². The second-order valence-corrected chi connectivity index (χ2v) is 7.73. The minimum Gasteiger partial charge on any atom is -0.371 e. The van der Waals surface area contributed by atoms with E-state index in [1.54, 1.807) is 48.8 Å². The monoisotopic (exact) mass is 433 g/mol. The van der Waals surface area contributed by atoms with Crippen LogP contribution in [0.3, 0.4) is 0 Å². The van der Waals surface area contributed by atoms with Crippen molar-refractivity contribution in [3.8, 4) is 22.3 Å². The Morgan fingerprint density at radius 2 is 1.68 bits per heavy atom. The van der Waals surface area contributed by atoms with Crippen molar-refractivity contribution in [2.24, 2.45) is 0 Å². The Morgan fingerprint density at radius 1 is 0.968 bits per heavy atom. The summed E-state index contributed by atoms with van der Waals surface area (Å²) in [6.45, 7) is 0. The number of anilines is 1. The molecule has 0 fully saturated rings. The summed E-state index contributed by atoms with van der Waals surface area (Å²) in [7, 11) is 0. The van der Waals surface area contributed by atoms with E-state index in [4.69, 9.17) is 11.6 Å². The van der Waals surface area contributed by atoms with Gasteiger partial charge in [0.05, 0.1) is 5.02 Å². The first-order chi connectivity index (χ1) is 15.0. The standard InChI is InChI=1S/C24H17ClFN3O2/c25-19-13-21-18(23(30)22(24(31)28-21)29-11-3-10-27-29)12-17(19)15-8-6-14(7-9-15)16-4-1-2-5-20(16)26/h1-13,22,24,28,31H. The molecule has 3 aromatic carbocycles. The normalized spacial score (nSPS) is 17.8. The number of fused-ring (bicyclic) bond motifs is 1. The molecule has 0 saturated heterocycles. The number of nitrogens with zero attached hydrogens (tertiary/aromatic N) is 2. The highest BCUT2D eigenvalue weighted by atomic mass is 35.5. The van der Waals surface area contributed by atoms with Gasteiger partial charge >= 0.3 is 0 Å². The molecule has 4 aromatic rings. The number of aliphatic hydroxyl groups is 1. The number of carbonyl (C=O) groups is 1. The van der Waals surface area contributed by atoms with Crippen LogP contribution in [0, 0.1) is 5.82 Å². The van der Waals surface area contributed by atoms with Crippen LogP contribution in [0.4, 0.5) is 10.1 Å². The van der Waals surface area contributed by atoms with E-state index >= 15 is 0 Å². The van der Waals surface area contributed by atoms with E-state index in [0.717, 1.165) is 11.1 Å². The average Bonchev–Trinajstić information content (AvgIpc) is 3.28. The van der Waals surface area contributed by atoms with Crippen molar-refractivity contribution < 1.29 is 14.3 Å². The van der Waals surface area contributed by atoms with Gasteiger partial charge in [-0.2, -0.15) is 5.10 Å². The number of carbonyl (C=O) groups excluding carboxylic acids is 1. The van der Waals surface area contributed by atoms with Crippen molar-refractivity contribution >= 4 is 23.1 Å². The van der Waals surface area contributed by atoms with Crippen LogP contribution in [0.25, 0.3) is 22.3 Å². The third kappa shape index (κ3) is 3.40. The second kappa shape index (κ2) is 7.65. The molecule has 31 heavy (non-hydrogen) atoms. The first-order valence-electron chi connectivity index (χ1n) is 9.70. The van der Waals surface area contributed by atoms with E-state index < -0.39 is 12.3 Å². The predicted molar refractivity (Wildman–Crippen MR) is 118 cm³/mol. The number of ketones is 1. The number of rotatable bonds is 3. The van der Waals surface area contributed by atoms with E-state index in [0.29, 0.717) is 27.4 Å². The van der Waals surface area contributed by atoms with E-state index in [9.17, 15) is 14.3 Å². The first kappa shape index (κ1) is 19.5. The van der Waals surface area contributed by atoms with Gasteiger partial charge in [0, 0.05) is 34.8 Å². The lowest BCUT2D eigenvalue weighted by molar-refractivity contribution is 0.0721. The van der Waals surface area contributed by atoms with Crippen LogP contribution in [0.5, 0.6) is 0 Å². The number of hydrogen-bond acceptors (Lipinski definition) is 4. The number of hydrogen-bond donors (Lipinski definition) is 2. The van der Waals surface area contributed by atoms with Crippen molar-refractivity contribution in [3.63, 3.8) is 0 Å². The Labute approximate surface area is 182 Å². The van der Waals surface area contributed by atoms with Crippen molar-refractivity contribution in [3.05, 3.63) is 95.5 Å². The van der Waals surface area contributed by atoms with Crippen LogP contribution in [0.1, 0.15) is 16.4 Å². The zero-order valence-corrected chi connectivity index (χ0v) is 16.9. The lowest BCUT2D eigenvalue weighted by Crippen LogP contribution is -2.41. The van der Waals surface area contributed by atoms with Crippen LogP contribution >= 0.6 is 11.6 Å². The fraction of sp³-hybridized carbons (Fsp3) is 0.0833. The van der Waals surface area contributed by atoms with Crippen molar-refractivity contribution in [2.75, 3.05) is 5.32 Å².